The normalized spacial score (nSPS) is 11.1. The fraction of sp³-hybridized carbons (Fsp3) is 0.185. The highest BCUT2D eigenvalue weighted by Crippen LogP contribution is 2.39. The average Bonchev–Trinajstić information content (AvgIpc) is 3.32. The number of aromatic nitrogens is 1. The summed E-state index contributed by atoms with van der Waals surface area (Å²) >= 11 is 7.76. The third-order valence-corrected chi connectivity index (χ3v) is 6.98. The Hall–Kier alpha value is -3.55. The Morgan fingerprint density at radius 1 is 1.03 bits per heavy atom. The Morgan fingerprint density at radius 2 is 1.71 bits per heavy atom. The zero-order chi connectivity index (χ0) is 24.9. The highest BCUT2D eigenvalue weighted by Gasteiger charge is 2.20. The molecule has 3 aromatic carbocycles. The van der Waals surface area contributed by atoms with E-state index in [2.05, 4.69) is 0 Å². The van der Waals surface area contributed by atoms with Crippen molar-refractivity contribution in [1.29, 1.82) is 0 Å². The molecule has 0 radical (unpaired) electrons. The van der Waals surface area contributed by atoms with Gasteiger partial charge in [-0.15, -0.1) is 0 Å². The Bertz CT molecular complexity index is 1360. The van der Waals surface area contributed by atoms with E-state index in [0.717, 1.165) is 26.9 Å². The number of thiazole rings is 1. The van der Waals surface area contributed by atoms with Gasteiger partial charge in [0.25, 0.3) is 5.91 Å². The predicted molar refractivity (Wildman–Crippen MR) is 142 cm³/mol. The number of aryl methyl sites for hydroxylation is 1. The van der Waals surface area contributed by atoms with Crippen molar-refractivity contribution in [2.24, 2.45) is 0 Å². The summed E-state index contributed by atoms with van der Waals surface area (Å²) in [4.78, 5) is 19.9. The topological polar surface area (TPSA) is 60.9 Å². The van der Waals surface area contributed by atoms with Crippen LogP contribution < -0.4 is 19.1 Å². The molecule has 180 valence electrons. The van der Waals surface area contributed by atoms with Crippen molar-refractivity contribution in [2.45, 2.75) is 13.5 Å². The second-order valence-electron chi connectivity index (χ2n) is 7.72. The summed E-state index contributed by atoms with van der Waals surface area (Å²) in [6.45, 7) is 2.31. The van der Waals surface area contributed by atoms with Crippen LogP contribution in [0.5, 0.6) is 17.2 Å². The van der Waals surface area contributed by atoms with E-state index < -0.39 is 0 Å². The number of anilines is 1. The lowest BCUT2D eigenvalue weighted by molar-refractivity contribution is -0.114. The number of rotatable bonds is 8. The van der Waals surface area contributed by atoms with E-state index in [9.17, 15) is 4.79 Å². The monoisotopic (exact) mass is 508 g/mol. The summed E-state index contributed by atoms with van der Waals surface area (Å²) < 4.78 is 17.2. The number of halogens is 1. The van der Waals surface area contributed by atoms with Crippen LogP contribution in [0.15, 0.2) is 60.7 Å². The smallest absolute Gasteiger partial charge is 0.253 e. The lowest BCUT2D eigenvalue weighted by atomic mass is 10.1. The zero-order valence-corrected chi connectivity index (χ0v) is 21.4. The van der Waals surface area contributed by atoms with Crippen LogP contribution in [0, 0.1) is 6.92 Å². The van der Waals surface area contributed by atoms with Crippen LogP contribution in [0.2, 0.25) is 5.02 Å². The van der Waals surface area contributed by atoms with Crippen molar-refractivity contribution in [2.75, 3.05) is 26.2 Å². The second kappa shape index (κ2) is 10.8. The summed E-state index contributed by atoms with van der Waals surface area (Å²) in [6.07, 6.45) is 3.25. The first-order chi connectivity index (χ1) is 16.9. The number of hydrogen-bond acceptors (Lipinski definition) is 6. The molecule has 1 heterocycles. The van der Waals surface area contributed by atoms with Gasteiger partial charge in [0.1, 0.15) is 0 Å². The Balaban J connectivity index is 1.71. The van der Waals surface area contributed by atoms with Gasteiger partial charge < -0.3 is 14.2 Å². The number of nitrogens with zero attached hydrogens (tertiary/aromatic N) is 2. The van der Waals surface area contributed by atoms with Crippen molar-refractivity contribution in [3.8, 4) is 17.2 Å². The van der Waals surface area contributed by atoms with Gasteiger partial charge in [0.05, 0.1) is 38.1 Å². The number of methoxy groups -OCH3 is 3. The summed E-state index contributed by atoms with van der Waals surface area (Å²) in [5, 5.41) is 1.26. The maximum Gasteiger partial charge on any atom is 0.253 e. The van der Waals surface area contributed by atoms with Gasteiger partial charge in [-0.05, 0) is 54.0 Å². The number of carbonyl (C=O) groups is 1. The molecule has 35 heavy (non-hydrogen) atoms. The number of ether oxygens (including phenoxy) is 3. The van der Waals surface area contributed by atoms with Gasteiger partial charge in [-0.2, -0.15) is 0 Å². The molecule has 0 bridgehead atoms. The van der Waals surface area contributed by atoms with E-state index in [-0.39, 0.29) is 5.91 Å². The summed E-state index contributed by atoms with van der Waals surface area (Å²) in [7, 11) is 4.66. The second-order valence-corrected chi connectivity index (χ2v) is 9.13. The van der Waals surface area contributed by atoms with Crippen molar-refractivity contribution < 1.29 is 19.0 Å². The molecule has 4 rings (SSSR count). The van der Waals surface area contributed by atoms with Gasteiger partial charge in [0, 0.05) is 11.1 Å². The largest absolute Gasteiger partial charge is 0.493 e. The molecule has 4 aromatic rings. The van der Waals surface area contributed by atoms with E-state index >= 15 is 0 Å². The summed E-state index contributed by atoms with van der Waals surface area (Å²) in [5.41, 5.74) is 3.43. The molecule has 1 aromatic heterocycles. The molecule has 0 fully saturated rings. The summed E-state index contributed by atoms with van der Waals surface area (Å²) in [5.74, 6) is 1.32. The first-order valence-corrected chi connectivity index (χ1v) is 12.0. The Morgan fingerprint density at radius 3 is 2.34 bits per heavy atom. The maximum atomic E-state index is 13.5. The molecule has 0 atom stereocenters. The van der Waals surface area contributed by atoms with E-state index in [0.29, 0.717) is 33.9 Å². The molecule has 6 nitrogen and oxygen atoms in total. The standard InChI is InChI=1S/C27H25ClN2O4S/c1-17-20(28)11-12-23-25(17)29-27(35-23)30(16-18-8-6-5-7-9-18)24(31)13-10-19-14-21(32-2)26(34-4)22(15-19)33-3/h5-15H,16H2,1-4H3/b13-10+. The lowest BCUT2D eigenvalue weighted by Crippen LogP contribution is -2.28. The van der Waals surface area contributed by atoms with Crippen molar-refractivity contribution in [1.82, 2.24) is 4.98 Å². The number of carbonyl (C=O) groups excluding carboxylic acids is 1. The molecule has 0 saturated heterocycles. The quantitative estimate of drug-likeness (QED) is 0.253. The van der Waals surface area contributed by atoms with Crippen LogP contribution in [-0.2, 0) is 11.3 Å². The van der Waals surface area contributed by atoms with Gasteiger partial charge in [-0.25, -0.2) is 4.98 Å². The number of fused-ring (bicyclic) bond motifs is 1. The molecule has 0 aliphatic rings. The van der Waals surface area contributed by atoms with Crippen LogP contribution in [0.25, 0.3) is 16.3 Å². The molecule has 0 aliphatic carbocycles. The highest BCUT2D eigenvalue weighted by atomic mass is 35.5. The number of benzene rings is 3. The molecular weight excluding hydrogens is 484 g/mol. The Kier molecular flexibility index (Phi) is 7.58. The average molecular weight is 509 g/mol. The fourth-order valence-corrected chi connectivity index (χ4v) is 4.85. The molecular formula is C27H25ClN2O4S. The minimum absolute atomic E-state index is 0.203. The zero-order valence-electron chi connectivity index (χ0n) is 19.9. The number of hydrogen-bond donors (Lipinski definition) is 0. The van der Waals surface area contributed by atoms with E-state index in [1.165, 1.54) is 17.4 Å². The van der Waals surface area contributed by atoms with Crippen LogP contribution in [0.3, 0.4) is 0 Å². The minimum atomic E-state index is -0.203. The van der Waals surface area contributed by atoms with Crippen LogP contribution in [-0.4, -0.2) is 32.2 Å². The van der Waals surface area contributed by atoms with Gasteiger partial charge >= 0.3 is 0 Å². The van der Waals surface area contributed by atoms with Gasteiger partial charge in [0.2, 0.25) is 5.75 Å². The van der Waals surface area contributed by atoms with Gasteiger partial charge in [-0.3, -0.25) is 9.69 Å². The maximum absolute atomic E-state index is 13.5. The molecule has 0 aliphatic heterocycles. The van der Waals surface area contributed by atoms with Crippen LogP contribution >= 0.6 is 22.9 Å². The third-order valence-electron chi connectivity index (χ3n) is 5.52. The summed E-state index contributed by atoms with van der Waals surface area (Å²) in [6, 6.07) is 17.2. The van der Waals surface area contributed by atoms with Crippen molar-refractivity contribution in [3.63, 3.8) is 0 Å². The Labute approximate surface area is 213 Å². The molecule has 0 N–H and O–H groups in total. The van der Waals surface area contributed by atoms with Crippen LogP contribution in [0.1, 0.15) is 16.7 Å². The molecule has 1 amide bonds. The van der Waals surface area contributed by atoms with Crippen LogP contribution in [0.4, 0.5) is 5.13 Å². The first kappa shape index (κ1) is 24.6. The third kappa shape index (κ3) is 5.26. The molecule has 0 unspecified atom stereocenters. The predicted octanol–water partition coefficient (Wildman–Crippen LogP) is 6.53. The van der Waals surface area contributed by atoms with Gasteiger partial charge in [0.15, 0.2) is 16.6 Å². The molecule has 0 spiro atoms. The minimum Gasteiger partial charge on any atom is -0.493 e. The van der Waals surface area contributed by atoms with Crippen molar-refractivity contribution >= 4 is 50.3 Å². The van der Waals surface area contributed by atoms with Gasteiger partial charge in [-0.1, -0.05) is 53.3 Å². The lowest BCUT2D eigenvalue weighted by Gasteiger charge is -2.18. The van der Waals surface area contributed by atoms with E-state index in [4.69, 9.17) is 30.8 Å². The van der Waals surface area contributed by atoms with E-state index in [1.54, 1.807) is 44.4 Å². The molecule has 0 saturated carbocycles. The SMILES string of the molecule is COc1cc(/C=C/C(=O)N(Cc2ccccc2)c2nc3c(C)c(Cl)ccc3s2)cc(OC)c1OC. The first-order valence-electron chi connectivity index (χ1n) is 10.8. The van der Waals surface area contributed by atoms with Crippen molar-refractivity contribution in [3.05, 3.63) is 82.4 Å². The van der Waals surface area contributed by atoms with E-state index in [1.807, 2.05) is 49.4 Å². The highest BCUT2D eigenvalue weighted by molar-refractivity contribution is 7.22. The number of amides is 1. The fourth-order valence-electron chi connectivity index (χ4n) is 3.67. The molecule has 8 heteroatoms.